The van der Waals surface area contributed by atoms with Crippen LogP contribution in [-0.2, 0) is 16.1 Å². The molecule has 142 valence electrons. The van der Waals surface area contributed by atoms with Gasteiger partial charge in [-0.25, -0.2) is 9.42 Å². The van der Waals surface area contributed by atoms with Crippen molar-refractivity contribution in [3.63, 3.8) is 0 Å². The number of amides is 4. The fraction of sp³-hybridized carbons (Fsp3) is 0.471. The predicted molar refractivity (Wildman–Crippen MR) is 93.3 cm³/mol. The lowest BCUT2D eigenvalue weighted by atomic mass is 10.1. The van der Waals surface area contributed by atoms with Crippen molar-refractivity contribution in [2.75, 3.05) is 27.2 Å². The van der Waals surface area contributed by atoms with Crippen molar-refractivity contribution in [3.05, 3.63) is 23.8 Å². The van der Waals surface area contributed by atoms with Crippen LogP contribution in [0.15, 0.2) is 22.8 Å². The molecule has 4 rings (SSSR count). The first-order valence-electron chi connectivity index (χ1n) is 8.69. The highest BCUT2D eigenvalue weighted by atomic mass is 16.6. The number of aromatic nitrogens is 2. The van der Waals surface area contributed by atoms with Gasteiger partial charge in [-0.3, -0.25) is 9.59 Å². The van der Waals surface area contributed by atoms with Crippen LogP contribution < -0.4 is 5.32 Å². The van der Waals surface area contributed by atoms with Crippen LogP contribution in [0.5, 0.6) is 0 Å². The highest BCUT2D eigenvalue weighted by Crippen LogP contribution is 2.23. The fourth-order valence-corrected chi connectivity index (χ4v) is 3.63. The molecule has 0 radical (unpaired) electrons. The Labute approximate surface area is 155 Å². The number of hydrogen-bond acceptors (Lipinski definition) is 6. The first-order chi connectivity index (χ1) is 12.9. The van der Waals surface area contributed by atoms with Gasteiger partial charge in [0.25, 0.3) is 0 Å². The molecule has 1 aromatic heterocycles. The summed E-state index contributed by atoms with van der Waals surface area (Å²) in [6.45, 7) is 0.837. The van der Waals surface area contributed by atoms with Crippen LogP contribution in [0.1, 0.15) is 12.0 Å². The van der Waals surface area contributed by atoms with Crippen LogP contribution in [0.4, 0.5) is 4.79 Å². The van der Waals surface area contributed by atoms with Crippen LogP contribution in [0.25, 0.3) is 11.0 Å². The Morgan fingerprint density at radius 1 is 1.33 bits per heavy atom. The molecule has 10 nitrogen and oxygen atoms in total. The molecule has 0 unspecified atom stereocenters. The Morgan fingerprint density at radius 3 is 2.93 bits per heavy atom. The molecule has 0 bridgehead atoms. The van der Waals surface area contributed by atoms with Gasteiger partial charge in [-0.2, -0.15) is 0 Å². The van der Waals surface area contributed by atoms with E-state index in [2.05, 4.69) is 20.3 Å². The molecule has 0 aliphatic carbocycles. The summed E-state index contributed by atoms with van der Waals surface area (Å²) in [5.41, 5.74) is 2.19. The van der Waals surface area contributed by atoms with Gasteiger partial charge in [0.05, 0.1) is 12.6 Å². The number of rotatable bonds is 3. The Kier molecular flexibility index (Phi) is 4.17. The standard InChI is InChI=1S/C17H20N6O4/c1-21-9-15(24)23-8-11(6-14(23)16(21)25)18-17(26)22(2)7-10-3-4-12-13(5-10)20-27-19-12/h3-5,11,14H,6-9H2,1-2H3,(H,18,26)/t11-,14-/m0/s1. The SMILES string of the molecule is CN(Cc1ccc2nonc2c1)C(=O)N[C@H]1C[C@H]2C(=O)N(C)CC(=O)N2C1. The van der Waals surface area contributed by atoms with Crippen molar-refractivity contribution in [3.8, 4) is 0 Å². The van der Waals surface area contributed by atoms with Crippen molar-refractivity contribution in [1.29, 1.82) is 0 Å². The van der Waals surface area contributed by atoms with Gasteiger partial charge in [-0.15, -0.1) is 0 Å². The van der Waals surface area contributed by atoms with Crippen LogP contribution in [0.2, 0.25) is 0 Å². The lowest BCUT2D eigenvalue weighted by molar-refractivity contribution is -0.152. The summed E-state index contributed by atoms with van der Waals surface area (Å²) in [5.74, 6) is -0.157. The van der Waals surface area contributed by atoms with Crippen molar-refractivity contribution < 1.29 is 19.0 Å². The van der Waals surface area contributed by atoms with Crippen LogP contribution in [-0.4, -0.2) is 82.1 Å². The van der Waals surface area contributed by atoms with Gasteiger partial charge in [-0.05, 0) is 34.4 Å². The van der Waals surface area contributed by atoms with E-state index < -0.39 is 6.04 Å². The van der Waals surface area contributed by atoms with E-state index in [4.69, 9.17) is 0 Å². The molecule has 3 heterocycles. The van der Waals surface area contributed by atoms with Crippen molar-refractivity contribution >= 4 is 28.9 Å². The van der Waals surface area contributed by atoms with Gasteiger partial charge in [0.2, 0.25) is 11.8 Å². The second kappa shape index (κ2) is 6.53. The summed E-state index contributed by atoms with van der Waals surface area (Å²) in [6.07, 6.45) is 0.436. The average Bonchev–Trinajstić information content (AvgIpc) is 3.26. The number of carbonyl (C=O) groups is 3. The van der Waals surface area contributed by atoms with E-state index in [1.54, 1.807) is 30.0 Å². The summed E-state index contributed by atoms with van der Waals surface area (Å²) in [7, 11) is 3.31. The topological polar surface area (TPSA) is 112 Å². The number of benzene rings is 1. The third kappa shape index (κ3) is 3.18. The second-order valence-electron chi connectivity index (χ2n) is 7.08. The lowest BCUT2D eigenvalue weighted by Gasteiger charge is -2.33. The van der Waals surface area contributed by atoms with Crippen LogP contribution >= 0.6 is 0 Å². The van der Waals surface area contributed by atoms with E-state index in [-0.39, 0.29) is 30.4 Å². The van der Waals surface area contributed by atoms with Gasteiger partial charge in [0.1, 0.15) is 17.1 Å². The molecule has 2 saturated heterocycles. The maximum absolute atomic E-state index is 12.5. The molecule has 4 amide bonds. The number of nitrogens with zero attached hydrogens (tertiary/aromatic N) is 5. The summed E-state index contributed by atoms with van der Waals surface area (Å²) in [4.78, 5) is 41.4. The van der Waals surface area contributed by atoms with Crippen LogP contribution in [0, 0.1) is 0 Å². The second-order valence-corrected chi connectivity index (χ2v) is 7.08. The van der Waals surface area contributed by atoms with Gasteiger partial charge >= 0.3 is 6.03 Å². The largest absolute Gasteiger partial charge is 0.335 e. The van der Waals surface area contributed by atoms with Crippen molar-refractivity contribution in [2.45, 2.75) is 25.0 Å². The molecule has 1 N–H and O–H groups in total. The number of urea groups is 1. The fourth-order valence-electron chi connectivity index (χ4n) is 3.63. The van der Waals surface area contributed by atoms with Crippen LogP contribution in [0.3, 0.4) is 0 Å². The molecule has 2 aliphatic rings. The minimum atomic E-state index is -0.478. The summed E-state index contributed by atoms with van der Waals surface area (Å²) >= 11 is 0. The molecule has 2 fully saturated rings. The minimum absolute atomic E-state index is 0.0748. The molecule has 10 heteroatoms. The van der Waals surface area contributed by atoms with Crippen molar-refractivity contribution in [2.24, 2.45) is 0 Å². The molecular formula is C17H20N6O4. The molecule has 0 spiro atoms. The number of piperazine rings is 1. The molecule has 27 heavy (non-hydrogen) atoms. The minimum Gasteiger partial charge on any atom is -0.335 e. The molecule has 0 saturated carbocycles. The van der Waals surface area contributed by atoms with Gasteiger partial charge in [-0.1, -0.05) is 6.07 Å². The number of carbonyl (C=O) groups excluding carboxylic acids is 3. The monoisotopic (exact) mass is 372 g/mol. The molecule has 2 atom stereocenters. The van der Waals surface area contributed by atoms with Gasteiger partial charge in [0, 0.05) is 27.2 Å². The van der Waals surface area contributed by atoms with Gasteiger partial charge < -0.3 is 20.0 Å². The summed E-state index contributed by atoms with van der Waals surface area (Å²) < 4.78 is 4.68. The smallest absolute Gasteiger partial charge is 0.317 e. The quantitative estimate of drug-likeness (QED) is 0.799. The zero-order valence-corrected chi connectivity index (χ0v) is 15.1. The Bertz CT molecular complexity index is 912. The Morgan fingerprint density at radius 2 is 2.11 bits per heavy atom. The maximum Gasteiger partial charge on any atom is 0.317 e. The van der Waals surface area contributed by atoms with E-state index in [0.717, 1.165) is 5.56 Å². The number of likely N-dealkylation sites (N-methyl/N-ethyl adjacent to an activating group) is 1. The third-order valence-corrected chi connectivity index (χ3v) is 5.07. The number of fused-ring (bicyclic) bond motifs is 2. The zero-order chi connectivity index (χ0) is 19.1. The molecule has 2 aliphatic heterocycles. The van der Waals surface area contributed by atoms with E-state index in [0.29, 0.717) is 30.5 Å². The third-order valence-electron chi connectivity index (χ3n) is 5.07. The number of nitrogens with one attached hydrogen (secondary N) is 1. The Balaban J connectivity index is 1.37. The maximum atomic E-state index is 12.5. The first kappa shape index (κ1) is 17.3. The van der Waals surface area contributed by atoms with E-state index in [9.17, 15) is 14.4 Å². The molecular weight excluding hydrogens is 352 g/mol. The highest BCUT2D eigenvalue weighted by molar-refractivity contribution is 5.95. The predicted octanol–water partition coefficient (Wildman–Crippen LogP) is -0.194. The summed E-state index contributed by atoms with van der Waals surface area (Å²) in [5, 5.41) is 10.5. The molecule has 2 aromatic rings. The van der Waals surface area contributed by atoms with Crippen molar-refractivity contribution in [1.82, 2.24) is 30.3 Å². The first-order valence-corrected chi connectivity index (χ1v) is 8.69. The van der Waals surface area contributed by atoms with E-state index >= 15 is 0 Å². The lowest BCUT2D eigenvalue weighted by Crippen LogP contribution is -2.55. The van der Waals surface area contributed by atoms with E-state index in [1.165, 1.54) is 4.90 Å². The van der Waals surface area contributed by atoms with Gasteiger partial charge in [0.15, 0.2) is 0 Å². The van der Waals surface area contributed by atoms with E-state index in [1.807, 2.05) is 12.1 Å². The Hall–Kier alpha value is -3.17. The molecule has 1 aromatic carbocycles. The normalized spacial score (nSPS) is 22.3. The summed E-state index contributed by atoms with van der Waals surface area (Å²) in [6, 6.07) is 4.49. The highest BCUT2D eigenvalue weighted by Gasteiger charge is 2.45. The average molecular weight is 372 g/mol. The zero-order valence-electron chi connectivity index (χ0n) is 15.1. The number of hydrogen-bond donors (Lipinski definition) is 1.